The quantitative estimate of drug-likeness (QED) is 0.532. The molecular weight excluding hydrogens is 276 g/mol. The molecule has 4 heteroatoms. The highest BCUT2D eigenvalue weighted by atomic mass is 16.5. The smallest absolute Gasteiger partial charge is 0.228 e. The molecular formula is C18H14N2O2. The molecule has 108 valence electrons. The Morgan fingerprint density at radius 3 is 2.68 bits per heavy atom. The zero-order chi connectivity index (χ0) is 15.3. The molecule has 2 heterocycles. The number of methoxy groups -OCH3 is 1. The number of ether oxygens (including phenoxy) is 1. The van der Waals surface area contributed by atoms with Crippen molar-refractivity contribution in [3.8, 4) is 5.75 Å². The fraction of sp³-hybridized carbons (Fsp3) is 0.111. The maximum atomic E-state index is 12.2. The van der Waals surface area contributed by atoms with Gasteiger partial charge in [-0.15, -0.1) is 0 Å². The van der Waals surface area contributed by atoms with Crippen LogP contribution in [0, 0.1) is 0 Å². The second-order valence-electron chi connectivity index (χ2n) is 5.26. The SMILES string of the molecule is COc1cccc2c1c1nc3ccccc3cc1n2C(C)=O. The lowest BCUT2D eigenvalue weighted by atomic mass is 10.1. The predicted octanol–water partition coefficient (Wildman–Crippen LogP) is 4.01. The zero-order valence-corrected chi connectivity index (χ0v) is 12.3. The monoisotopic (exact) mass is 290 g/mol. The molecule has 0 fully saturated rings. The molecule has 2 aromatic heterocycles. The van der Waals surface area contributed by atoms with E-state index < -0.39 is 0 Å². The number of para-hydroxylation sites is 1. The van der Waals surface area contributed by atoms with Gasteiger partial charge in [-0.2, -0.15) is 0 Å². The van der Waals surface area contributed by atoms with Gasteiger partial charge in [0.2, 0.25) is 5.91 Å². The van der Waals surface area contributed by atoms with Gasteiger partial charge in [0.25, 0.3) is 0 Å². The second kappa shape index (κ2) is 4.56. The summed E-state index contributed by atoms with van der Waals surface area (Å²) in [4.78, 5) is 16.9. The van der Waals surface area contributed by atoms with E-state index in [0.29, 0.717) is 0 Å². The number of fused-ring (bicyclic) bond motifs is 4. The van der Waals surface area contributed by atoms with Gasteiger partial charge in [0.1, 0.15) is 11.3 Å². The summed E-state index contributed by atoms with van der Waals surface area (Å²) in [5.41, 5.74) is 3.33. The third-order valence-corrected chi connectivity index (χ3v) is 3.96. The predicted molar refractivity (Wildman–Crippen MR) is 87.6 cm³/mol. The Bertz CT molecular complexity index is 1050. The molecule has 0 atom stereocenters. The van der Waals surface area contributed by atoms with Crippen LogP contribution in [0.15, 0.2) is 48.5 Å². The fourth-order valence-electron chi connectivity index (χ4n) is 3.04. The van der Waals surface area contributed by atoms with Crippen molar-refractivity contribution in [3.05, 3.63) is 48.5 Å². The standard InChI is InChI=1S/C18H14N2O2/c1-11(21)20-14-8-5-9-16(22-2)17(14)18-15(20)10-12-6-3-4-7-13(12)19-18/h3-10H,1-2H3. The van der Waals surface area contributed by atoms with E-state index in [4.69, 9.17) is 9.72 Å². The highest BCUT2D eigenvalue weighted by molar-refractivity contribution is 6.15. The maximum Gasteiger partial charge on any atom is 0.228 e. The average Bonchev–Trinajstić information content (AvgIpc) is 2.86. The van der Waals surface area contributed by atoms with Gasteiger partial charge in [0, 0.05) is 12.3 Å². The van der Waals surface area contributed by atoms with Crippen LogP contribution in [0.5, 0.6) is 5.75 Å². The zero-order valence-electron chi connectivity index (χ0n) is 12.3. The number of pyridine rings is 1. The van der Waals surface area contributed by atoms with E-state index in [0.717, 1.165) is 38.6 Å². The minimum atomic E-state index is -0.0367. The minimum Gasteiger partial charge on any atom is -0.496 e. The molecule has 0 saturated carbocycles. The van der Waals surface area contributed by atoms with Crippen LogP contribution in [-0.2, 0) is 0 Å². The number of benzene rings is 2. The van der Waals surface area contributed by atoms with Gasteiger partial charge in [-0.05, 0) is 24.3 Å². The summed E-state index contributed by atoms with van der Waals surface area (Å²) in [6.45, 7) is 1.56. The Balaban J connectivity index is 2.32. The van der Waals surface area contributed by atoms with Crippen molar-refractivity contribution in [1.82, 2.24) is 9.55 Å². The van der Waals surface area contributed by atoms with E-state index in [9.17, 15) is 4.79 Å². The van der Waals surface area contributed by atoms with Crippen LogP contribution in [-0.4, -0.2) is 22.6 Å². The van der Waals surface area contributed by atoms with E-state index >= 15 is 0 Å². The molecule has 4 rings (SSSR count). The molecule has 4 aromatic rings. The number of aromatic nitrogens is 2. The lowest BCUT2D eigenvalue weighted by molar-refractivity contribution is 0.0946. The normalized spacial score (nSPS) is 11.4. The largest absolute Gasteiger partial charge is 0.496 e. The average molecular weight is 290 g/mol. The van der Waals surface area contributed by atoms with Crippen LogP contribution >= 0.6 is 0 Å². The van der Waals surface area contributed by atoms with Crippen LogP contribution in [0.4, 0.5) is 0 Å². The summed E-state index contributed by atoms with van der Waals surface area (Å²) < 4.78 is 7.18. The molecule has 0 aliphatic rings. The molecule has 0 radical (unpaired) electrons. The number of rotatable bonds is 1. The maximum absolute atomic E-state index is 12.2. The van der Waals surface area contributed by atoms with Gasteiger partial charge in [-0.3, -0.25) is 9.36 Å². The van der Waals surface area contributed by atoms with Crippen molar-refractivity contribution in [2.24, 2.45) is 0 Å². The number of hydrogen-bond donors (Lipinski definition) is 0. The molecule has 0 aliphatic carbocycles. The highest BCUT2D eigenvalue weighted by Crippen LogP contribution is 2.35. The Morgan fingerprint density at radius 1 is 1.09 bits per heavy atom. The van der Waals surface area contributed by atoms with Crippen molar-refractivity contribution >= 4 is 38.7 Å². The van der Waals surface area contributed by atoms with E-state index in [2.05, 4.69) is 0 Å². The van der Waals surface area contributed by atoms with Crippen molar-refractivity contribution in [2.45, 2.75) is 6.92 Å². The topological polar surface area (TPSA) is 44.1 Å². The molecule has 0 amide bonds. The summed E-state index contributed by atoms with van der Waals surface area (Å²) >= 11 is 0. The first-order valence-electron chi connectivity index (χ1n) is 7.08. The Labute approximate surface area is 126 Å². The molecule has 0 spiro atoms. The lowest BCUT2D eigenvalue weighted by Gasteiger charge is -2.03. The summed E-state index contributed by atoms with van der Waals surface area (Å²) in [6.07, 6.45) is 0. The minimum absolute atomic E-state index is 0.0367. The summed E-state index contributed by atoms with van der Waals surface area (Å²) in [5.74, 6) is 0.690. The first kappa shape index (κ1) is 12.8. The van der Waals surface area contributed by atoms with Crippen LogP contribution < -0.4 is 4.74 Å². The molecule has 0 unspecified atom stereocenters. The van der Waals surface area contributed by atoms with Crippen LogP contribution in [0.3, 0.4) is 0 Å². The van der Waals surface area contributed by atoms with Gasteiger partial charge in [0.15, 0.2) is 0 Å². The van der Waals surface area contributed by atoms with Gasteiger partial charge in [-0.25, -0.2) is 4.98 Å². The molecule has 4 nitrogen and oxygen atoms in total. The number of carbonyl (C=O) groups excluding carboxylic acids is 1. The second-order valence-corrected chi connectivity index (χ2v) is 5.26. The van der Waals surface area contributed by atoms with Crippen LogP contribution in [0.1, 0.15) is 11.7 Å². The van der Waals surface area contributed by atoms with Gasteiger partial charge < -0.3 is 4.74 Å². The molecule has 22 heavy (non-hydrogen) atoms. The summed E-state index contributed by atoms with van der Waals surface area (Å²) in [6, 6.07) is 15.6. The molecule has 2 aromatic carbocycles. The fourth-order valence-corrected chi connectivity index (χ4v) is 3.04. The van der Waals surface area contributed by atoms with E-state index in [1.807, 2.05) is 48.5 Å². The summed E-state index contributed by atoms with van der Waals surface area (Å²) in [7, 11) is 1.63. The van der Waals surface area contributed by atoms with Gasteiger partial charge >= 0.3 is 0 Å². The number of hydrogen-bond acceptors (Lipinski definition) is 3. The highest BCUT2D eigenvalue weighted by Gasteiger charge is 2.18. The lowest BCUT2D eigenvalue weighted by Crippen LogP contribution is -2.04. The van der Waals surface area contributed by atoms with Gasteiger partial charge in [-0.1, -0.05) is 24.3 Å². The number of carbonyl (C=O) groups is 1. The first-order valence-corrected chi connectivity index (χ1v) is 7.08. The Kier molecular flexibility index (Phi) is 2.66. The Hall–Kier alpha value is -2.88. The van der Waals surface area contributed by atoms with Crippen LogP contribution in [0.25, 0.3) is 32.8 Å². The van der Waals surface area contributed by atoms with E-state index in [1.54, 1.807) is 18.6 Å². The molecule has 0 saturated heterocycles. The number of nitrogens with zero attached hydrogens (tertiary/aromatic N) is 2. The molecule has 0 aliphatic heterocycles. The van der Waals surface area contributed by atoms with Crippen molar-refractivity contribution in [3.63, 3.8) is 0 Å². The third kappa shape index (κ3) is 1.64. The summed E-state index contributed by atoms with van der Waals surface area (Å²) in [5, 5.41) is 1.89. The van der Waals surface area contributed by atoms with Crippen LogP contribution in [0.2, 0.25) is 0 Å². The van der Waals surface area contributed by atoms with Gasteiger partial charge in [0.05, 0.1) is 29.0 Å². The van der Waals surface area contributed by atoms with Crippen molar-refractivity contribution in [1.29, 1.82) is 0 Å². The first-order chi connectivity index (χ1) is 10.7. The Morgan fingerprint density at radius 2 is 1.91 bits per heavy atom. The van der Waals surface area contributed by atoms with Crippen molar-refractivity contribution < 1.29 is 9.53 Å². The molecule has 0 N–H and O–H groups in total. The third-order valence-electron chi connectivity index (χ3n) is 3.96. The van der Waals surface area contributed by atoms with Crippen molar-refractivity contribution in [2.75, 3.05) is 7.11 Å². The van der Waals surface area contributed by atoms with E-state index in [-0.39, 0.29) is 5.91 Å². The molecule has 0 bridgehead atoms. The van der Waals surface area contributed by atoms with E-state index in [1.165, 1.54) is 0 Å².